The minimum atomic E-state index is -0.837. The smallest absolute Gasteiger partial charge is 0.176 e. The molecule has 0 radical (unpaired) electrons. The van der Waals surface area contributed by atoms with Gasteiger partial charge in [0.15, 0.2) is 17.9 Å². The van der Waals surface area contributed by atoms with Gasteiger partial charge >= 0.3 is 0 Å². The third-order valence-electron chi connectivity index (χ3n) is 6.46. The summed E-state index contributed by atoms with van der Waals surface area (Å²) in [6.07, 6.45) is 6.74. The van der Waals surface area contributed by atoms with Crippen LogP contribution in [-0.4, -0.2) is 19.5 Å². The normalized spacial score (nSPS) is 18.3. The van der Waals surface area contributed by atoms with Crippen LogP contribution in [0.2, 0.25) is 0 Å². The van der Waals surface area contributed by atoms with E-state index in [-0.39, 0.29) is 23.6 Å². The van der Waals surface area contributed by atoms with Crippen LogP contribution < -0.4 is 0 Å². The third-order valence-corrected chi connectivity index (χ3v) is 6.46. The van der Waals surface area contributed by atoms with Gasteiger partial charge < -0.3 is 9.47 Å². The number of allylic oxidation sites excluding steroid dienone is 1. The minimum Gasteiger partial charge on any atom is -0.348 e. The zero-order chi connectivity index (χ0) is 24.8. The summed E-state index contributed by atoms with van der Waals surface area (Å²) in [6, 6.07) is 15.3. The predicted molar refractivity (Wildman–Crippen MR) is 134 cm³/mol. The first-order valence-electron chi connectivity index (χ1n) is 12.2. The number of hydrogen-bond donors (Lipinski definition) is 0. The molecule has 5 heteroatoms. The lowest BCUT2D eigenvalue weighted by Crippen LogP contribution is -2.29. The number of ether oxygens (including phenoxy) is 2. The molecule has 0 N–H and O–H groups in total. The zero-order valence-electron chi connectivity index (χ0n) is 20.2. The van der Waals surface area contributed by atoms with Gasteiger partial charge in [0.1, 0.15) is 5.82 Å². The number of benzene rings is 3. The molecule has 1 fully saturated rings. The van der Waals surface area contributed by atoms with Crippen LogP contribution in [0.1, 0.15) is 50.2 Å². The van der Waals surface area contributed by atoms with Crippen molar-refractivity contribution in [3.05, 3.63) is 95.3 Å². The van der Waals surface area contributed by atoms with Crippen molar-refractivity contribution < 1.29 is 22.6 Å². The molecule has 0 amide bonds. The monoisotopic (exact) mass is 480 g/mol. The van der Waals surface area contributed by atoms with Crippen LogP contribution in [0.4, 0.5) is 13.2 Å². The maximum Gasteiger partial charge on any atom is 0.176 e. The molecule has 1 aliphatic heterocycles. The van der Waals surface area contributed by atoms with Crippen LogP contribution in [0, 0.1) is 17.5 Å². The van der Waals surface area contributed by atoms with Gasteiger partial charge in [0.05, 0.1) is 13.2 Å². The molecule has 4 rings (SSSR count). The molecule has 1 aliphatic rings. The van der Waals surface area contributed by atoms with E-state index in [1.807, 2.05) is 25.1 Å². The van der Waals surface area contributed by atoms with Gasteiger partial charge in [0.2, 0.25) is 0 Å². The van der Waals surface area contributed by atoms with Crippen LogP contribution in [0.25, 0.3) is 22.3 Å². The lowest BCUT2D eigenvalue weighted by molar-refractivity contribution is -0.159. The van der Waals surface area contributed by atoms with E-state index >= 15 is 0 Å². The fraction of sp³-hybridized carbons (Fsp3) is 0.333. The average Bonchev–Trinajstić information content (AvgIpc) is 2.88. The first-order valence-corrected chi connectivity index (χ1v) is 12.2. The largest absolute Gasteiger partial charge is 0.348 e. The van der Waals surface area contributed by atoms with Crippen LogP contribution in [0.3, 0.4) is 0 Å². The van der Waals surface area contributed by atoms with Gasteiger partial charge in [-0.1, -0.05) is 74.4 Å². The Morgan fingerprint density at radius 1 is 0.829 bits per heavy atom. The molecule has 0 atom stereocenters. The molecule has 0 bridgehead atoms. The topological polar surface area (TPSA) is 18.5 Å². The summed E-state index contributed by atoms with van der Waals surface area (Å²) in [5, 5.41) is 0. The van der Waals surface area contributed by atoms with Crippen molar-refractivity contribution >= 4 is 0 Å². The van der Waals surface area contributed by atoms with Crippen molar-refractivity contribution in [2.24, 2.45) is 0 Å². The number of hydrogen-bond acceptors (Lipinski definition) is 2. The maximum atomic E-state index is 15.0. The SMILES string of the molecule is C/C=C/C1OCC(c2ccc(-c3ccc(-c4ccc(CCCCC)c(F)c4F)cc3)c(F)c2)CO1. The minimum absolute atomic E-state index is 0.0368. The predicted octanol–water partition coefficient (Wildman–Crippen LogP) is 8.20. The van der Waals surface area contributed by atoms with Crippen LogP contribution in [0.5, 0.6) is 0 Å². The van der Waals surface area contributed by atoms with Gasteiger partial charge in [-0.3, -0.25) is 0 Å². The highest BCUT2D eigenvalue weighted by Crippen LogP contribution is 2.32. The Balaban J connectivity index is 1.49. The van der Waals surface area contributed by atoms with E-state index in [4.69, 9.17) is 9.47 Å². The van der Waals surface area contributed by atoms with Crippen LogP contribution >= 0.6 is 0 Å². The molecule has 0 saturated carbocycles. The Kier molecular flexibility index (Phi) is 8.42. The molecular weight excluding hydrogens is 449 g/mol. The number of unbranched alkanes of at least 4 members (excludes halogenated alkanes) is 2. The fourth-order valence-electron chi connectivity index (χ4n) is 4.40. The standard InChI is InChI=1S/C30H31F3O2/c1-3-5-6-8-22-13-16-26(30(33)29(22)32)21-11-9-20(10-12-21)25-15-14-23(17-27(25)31)24-18-34-28(7-4-2)35-19-24/h4,7,9-17,24,28H,3,5-6,8,18-19H2,1-2H3/b7-4+. The van der Waals surface area contributed by atoms with E-state index < -0.39 is 11.6 Å². The Morgan fingerprint density at radius 3 is 2.11 bits per heavy atom. The highest BCUT2D eigenvalue weighted by atomic mass is 19.2. The molecule has 1 heterocycles. The van der Waals surface area contributed by atoms with Gasteiger partial charge in [-0.05, 0) is 54.2 Å². The van der Waals surface area contributed by atoms with Crippen molar-refractivity contribution in [1.82, 2.24) is 0 Å². The van der Waals surface area contributed by atoms with Crippen molar-refractivity contribution in [2.45, 2.75) is 51.7 Å². The average molecular weight is 481 g/mol. The van der Waals surface area contributed by atoms with Gasteiger partial charge in [0.25, 0.3) is 0 Å². The van der Waals surface area contributed by atoms with Crippen molar-refractivity contribution in [3.8, 4) is 22.3 Å². The van der Waals surface area contributed by atoms with Crippen molar-refractivity contribution in [2.75, 3.05) is 13.2 Å². The molecule has 3 aromatic carbocycles. The molecule has 0 spiro atoms. The maximum absolute atomic E-state index is 15.0. The molecule has 184 valence electrons. The van der Waals surface area contributed by atoms with Gasteiger partial charge in [-0.25, -0.2) is 13.2 Å². The molecule has 35 heavy (non-hydrogen) atoms. The second-order valence-corrected chi connectivity index (χ2v) is 8.93. The highest BCUT2D eigenvalue weighted by Gasteiger charge is 2.23. The summed E-state index contributed by atoms with van der Waals surface area (Å²) in [6.45, 7) is 4.90. The van der Waals surface area contributed by atoms with Crippen LogP contribution in [0.15, 0.2) is 66.7 Å². The molecule has 2 nitrogen and oxygen atoms in total. The molecule has 1 saturated heterocycles. The fourth-order valence-corrected chi connectivity index (χ4v) is 4.40. The molecule has 3 aromatic rings. The Bertz CT molecular complexity index is 1160. The summed E-state index contributed by atoms with van der Waals surface area (Å²) in [5.74, 6) is -2.00. The molecule has 0 aromatic heterocycles. The Morgan fingerprint density at radius 2 is 1.49 bits per heavy atom. The van der Waals surface area contributed by atoms with E-state index in [0.29, 0.717) is 41.9 Å². The summed E-state index contributed by atoms with van der Waals surface area (Å²) in [5.41, 5.74) is 3.09. The lowest BCUT2D eigenvalue weighted by atomic mass is 9.94. The second-order valence-electron chi connectivity index (χ2n) is 8.93. The zero-order valence-corrected chi connectivity index (χ0v) is 20.2. The number of halogens is 3. The Hall–Kier alpha value is -2.89. The van der Waals surface area contributed by atoms with Crippen LogP contribution in [-0.2, 0) is 15.9 Å². The summed E-state index contributed by atoms with van der Waals surface area (Å²) < 4.78 is 55.7. The summed E-state index contributed by atoms with van der Waals surface area (Å²) >= 11 is 0. The van der Waals surface area contributed by atoms with E-state index in [2.05, 4.69) is 6.92 Å². The third kappa shape index (κ3) is 5.85. The van der Waals surface area contributed by atoms with Crippen molar-refractivity contribution in [3.63, 3.8) is 0 Å². The lowest BCUT2D eigenvalue weighted by Gasteiger charge is -2.28. The van der Waals surface area contributed by atoms with E-state index in [0.717, 1.165) is 24.8 Å². The molecule has 0 aliphatic carbocycles. The number of rotatable bonds is 8. The first-order chi connectivity index (χ1) is 17.0. The van der Waals surface area contributed by atoms with E-state index in [1.54, 1.807) is 42.5 Å². The van der Waals surface area contributed by atoms with E-state index in [9.17, 15) is 13.2 Å². The highest BCUT2D eigenvalue weighted by molar-refractivity contribution is 5.71. The molecule has 0 unspecified atom stereocenters. The first kappa shape index (κ1) is 25.2. The van der Waals surface area contributed by atoms with Gasteiger partial charge in [-0.15, -0.1) is 0 Å². The van der Waals surface area contributed by atoms with Gasteiger partial charge in [0, 0.05) is 17.0 Å². The van der Waals surface area contributed by atoms with Crippen molar-refractivity contribution in [1.29, 1.82) is 0 Å². The summed E-state index contributed by atoms with van der Waals surface area (Å²) in [4.78, 5) is 0. The molecular formula is C30H31F3O2. The van der Waals surface area contributed by atoms with E-state index in [1.165, 1.54) is 6.07 Å². The number of aryl methyl sites for hydroxylation is 1. The Labute approximate surface area is 205 Å². The quantitative estimate of drug-likeness (QED) is 0.239. The summed E-state index contributed by atoms with van der Waals surface area (Å²) in [7, 11) is 0. The van der Waals surface area contributed by atoms with Gasteiger partial charge in [-0.2, -0.15) is 0 Å². The second kappa shape index (κ2) is 11.7.